The van der Waals surface area contributed by atoms with E-state index in [2.05, 4.69) is 26.7 Å². The van der Waals surface area contributed by atoms with E-state index in [-0.39, 0.29) is 29.5 Å². The molecule has 0 N–H and O–H groups in total. The van der Waals surface area contributed by atoms with Crippen LogP contribution >= 0.6 is 15.9 Å². The van der Waals surface area contributed by atoms with E-state index in [0.29, 0.717) is 0 Å². The fourth-order valence-corrected chi connectivity index (χ4v) is 6.30. The molecule has 3 rings (SSSR count). The average molecular weight is 476 g/mol. The third-order valence-electron chi connectivity index (χ3n) is 5.61. The van der Waals surface area contributed by atoms with Crippen LogP contribution in [0.25, 0.3) is 0 Å². The maximum Gasteiger partial charge on any atom is 0.534 e. The largest absolute Gasteiger partial charge is 0.534 e. The molecule has 1 heterocycles. The minimum atomic E-state index is -5.90. The number of piperidine rings is 1. The Bertz CT molecular complexity index is 813. The molecule has 3 aliphatic rings. The number of carbonyl (C=O) groups is 1. The standard InChI is InChI=1S/C15H17BrF3NO6S/c1-4-14-6-20(13(21)25-3)11-9(14)12(26-27(22,23)15(17,18)19)8(24-2)5-7(14)10(11)16/h4,7,9-11H,1,5-6H2,2-3H3/t7-,9-,10-,11+,14+/m1/s1. The van der Waals surface area contributed by atoms with Crippen LogP contribution in [-0.2, 0) is 23.8 Å². The van der Waals surface area contributed by atoms with Gasteiger partial charge in [0.2, 0.25) is 0 Å². The smallest absolute Gasteiger partial charge is 0.498 e. The molecule has 2 fully saturated rings. The Labute approximate surface area is 162 Å². The second kappa shape index (κ2) is 6.29. The van der Waals surface area contributed by atoms with Crippen LogP contribution < -0.4 is 0 Å². The normalized spacial score (nSPS) is 35.3. The summed E-state index contributed by atoms with van der Waals surface area (Å²) >= 11 is 3.51. The molecule has 1 amide bonds. The Morgan fingerprint density at radius 3 is 2.52 bits per heavy atom. The van der Waals surface area contributed by atoms with Gasteiger partial charge in [-0.3, -0.25) is 0 Å². The fourth-order valence-electron chi connectivity index (χ4n) is 4.50. The summed E-state index contributed by atoms with van der Waals surface area (Å²) in [5, 5.41) is 0. The first-order valence-electron chi connectivity index (χ1n) is 7.85. The molecule has 0 radical (unpaired) electrons. The molecule has 0 aromatic rings. The van der Waals surface area contributed by atoms with Gasteiger partial charge in [0.05, 0.1) is 26.2 Å². The van der Waals surface area contributed by atoms with Crippen molar-refractivity contribution < 1.29 is 40.0 Å². The highest BCUT2D eigenvalue weighted by Crippen LogP contribution is 2.66. The van der Waals surface area contributed by atoms with Crippen molar-refractivity contribution in [3.05, 3.63) is 24.2 Å². The van der Waals surface area contributed by atoms with Crippen LogP contribution in [0.15, 0.2) is 24.2 Å². The topological polar surface area (TPSA) is 82.1 Å². The number of rotatable bonds is 4. The summed E-state index contributed by atoms with van der Waals surface area (Å²) < 4.78 is 76.5. The zero-order valence-electron chi connectivity index (χ0n) is 14.3. The number of methoxy groups -OCH3 is 2. The molecular formula is C15H17BrF3NO6S. The summed E-state index contributed by atoms with van der Waals surface area (Å²) in [6.07, 6.45) is 1.02. The minimum absolute atomic E-state index is 0.00830. The summed E-state index contributed by atoms with van der Waals surface area (Å²) in [5.74, 6) is -1.47. The van der Waals surface area contributed by atoms with E-state index in [1.54, 1.807) is 6.08 Å². The van der Waals surface area contributed by atoms with Crippen molar-refractivity contribution in [3.8, 4) is 0 Å². The molecule has 1 aliphatic heterocycles. The molecule has 0 aromatic heterocycles. The maximum absolute atomic E-state index is 12.9. The number of nitrogens with zero attached hydrogens (tertiary/aromatic N) is 1. The van der Waals surface area contributed by atoms with Crippen LogP contribution in [0.3, 0.4) is 0 Å². The Hall–Kier alpha value is -1.43. The van der Waals surface area contributed by atoms with E-state index in [0.717, 1.165) is 0 Å². The van der Waals surface area contributed by atoms with Crippen molar-refractivity contribution in [2.75, 3.05) is 20.8 Å². The number of likely N-dealkylation sites (tertiary alicyclic amines) is 1. The third kappa shape index (κ3) is 2.66. The van der Waals surface area contributed by atoms with Crippen LogP contribution in [0.1, 0.15) is 6.42 Å². The number of amides is 1. The number of alkyl halides is 4. The quantitative estimate of drug-likeness (QED) is 0.269. The lowest BCUT2D eigenvalue weighted by atomic mass is 9.67. The predicted octanol–water partition coefficient (Wildman–Crippen LogP) is 2.75. The fraction of sp³-hybridized carbons (Fsp3) is 0.667. The van der Waals surface area contributed by atoms with Gasteiger partial charge in [-0.05, 0) is 5.92 Å². The number of allylic oxidation sites excluding steroid dienone is 1. The lowest BCUT2D eigenvalue weighted by Crippen LogP contribution is -2.49. The SMILES string of the molecule is C=C[C@]12CN(C(=O)OC)[C@@H]3[C@H](Br)[C@H]1CC(OC)=C(OS(=O)(=O)C(F)(F)F)[C@@H]32. The number of ether oxygens (including phenoxy) is 2. The first-order chi connectivity index (χ1) is 12.4. The summed E-state index contributed by atoms with van der Waals surface area (Å²) in [5.41, 5.74) is -6.46. The van der Waals surface area contributed by atoms with Gasteiger partial charge in [0, 0.05) is 23.2 Å². The van der Waals surface area contributed by atoms with Crippen LogP contribution in [0.2, 0.25) is 0 Å². The van der Waals surface area contributed by atoms with Gasteiger partial charge >= 0.3 is 21.7 Å². The molecule has 0 aromatic carbocycles. The zero-order chi connectivity index (χ0) is 20.4. The van der Waals surface area contributed by atoms with E-state index in [1.165, 1.54) is 19.1 Å². The summed E-state index contributed by atoms with van der Waals surface area (Å²) in [6.45, 7) is 3.92. The van der Waals surface area contributed by atoms with E-state index in [4.69, 9.17) is 9.47 Å². The lowest BCUT2D eigenvalue weighted by Gasteiger charge is -2.42. The summed E-state index contributed by atoms with van der Waals surface area (Å²) in [6, 6.07) is -0.675. The number of hydrogen-bond acceptors (Lipinski definition) is 6. The third-order valence-corrected chi connectivity index (χ3v) is 7.75. The maximum atomic E-state index is 12.9. The van der Waals surface area contributed by atoms with E-state index in [9.17, 15) is 26.4 Å². The highest BCUT2D eigenvalue weighted by Gasteiger charge is 2.71. The van der Waals surface area contributed by atoms with Crippen molar-refractivity contribution in [1.29, 1.82) is 0 Å². The Morgan fingerprint density at radius 2 is 2.04 bits per heavy atom. The molecule has 0 spiro atoms. The van der Waals surface area contributed by atoms with Gasteiger partial charge in [0.1, 0.15) is 5.76 Å². The van der Waals surface area contributed by atoms with Gasteiger partial charge in [0.25, 0.3) is 0 Å². The lowest BCUT2D eigenvalue weighted by molar-refractivity contribution is -0.0536. The van der Waals surface area contributed by atoms with Gasteiger partial charge in [-0.1, -0.05) is 22.0 Å². The predicted molar refractivity (Wildman–Crippen MR) is 89.9 cm³/mol. The van der Waals surface area contributed by atoms with E-state index >= 15 is 0 Å². The highest BCUT2D eigenvalue weighted by molar-refractivity contribution is 9.09. The van der Waals surface area contributed by atoms with Crippen molar-refractivity contribution in [1.82, 2.24) is 4.90 Å². The summed E-state index contributed by atoms with van der Waals surface area (Å²) in [7, 11) is -3.49. The van der Waals surface area contributed by atoms with Crippen molar-refractivity contribution >= 4 is 32.1 Å². The minimum Gasteiger partial charge on any atom is -0.498 e. The molecule has 0 unspecified atom stereocenters. The Morgan fingerprint density at radius 1 is 1.41 bits per heavy atom. The zero-order valence-corrected chi connectivity index (χ0v) is 16.7. The molecule has 1 saturated heterocycles. The molecule has 7 nitrogen and oxygen atoms in total. The second-order valence-corrected chi connectivity index (χ2v) is 9.21. The van der Waals surface area contributed by atoms with E-state index in [1.807, 2.05) is 0 Å². The Balaban J connectivity index is 2.13. The number of halogens is 4. The molecule has 27 heavy (non-hydrogen) atoms. The monoisotopic (exact) mass is 475 g/mol. The molecule has 12 heteroatoms. The first-order valence-corrected chi connectivity index (χ1v) is 10.2. The first kappa shape index (κ1) is 20.3. The van der Waals surface area contributed by atoms with E-state index < -0.39 is 44.9 Å². The number of hydrogen-bond donors (Lipinski definition) is 0. The Kier molecular flexibility index (Phi) is 4.73. The van der Waals surface area contributed by atoms with Crippen molar-refractivity contribution in [2.24, 2.45) is 17.3 Å². The average Bonchev–Trinajstić information content (AvgIpc) is 3.02. The molecule has 1 saturated carbocycles. The highest BCUT2D eigenvalue weighted by atomic mass is 79.9. The molecule has 152 valence electrons. The van der Waals surface area contributed by atoms with Gasteiger partial charge in [-0.25, -0.2) is 4.79 Å². The van der Waals surface area contributed by atoms with Crippen molar-refractivity contribution in [2.45, 2.75) is 22.8 Å². The van der Waals surface area contributed by atoms with Gasteiger partial charge in [0.15, 0.2) is 5.76 Å². The second-order valence-electron chi connectivity index (χ2n) is 6.61. The number of carbonyl (C=O) groups excluding carboxylic acids is 1. The van der Waals surface area contributed by atoms with Crippen LogP contribution in [0.5, 0.6) is 0 Å². The van der Waals surface area contributed by atoms with Gasteiger partial charge in [-0.15, -0.1) is 6.58 Å². The van der Waals surface area contributed by atoms with Gasteiger partial charge < -0.3 is 18.6 Å². The van der Waals surface area contributed by atoms with Crippen molar-refractivity contribution in [3.63, 3.8) is 0 Å². The molecule has 4 bridgehead atoms. The van der Waals surface area contributed by atoms with Crippen LogP contribution in [-0.4, -0.2) is 56.6 Å². The van der Waals surface area contributed by atoms with Crippen LogP contribution in [0.4, 0.5) is 18.0 Å². The van der Waals surface area contributed by atoms with Crippen LogP contribution in [0, 0.1) is 17.3 Å². The molecule has 5 atom stereocenters. The summed E-state index contributed by atoms with van der Waals surface area (Å²) in [4.78, 5) is 13.2. The van der Waals surface area contributed by atoms with Gasteiger partial charge in [-0.2, -0.15) is 21.6 Å². The molecular weight excluding hydrogens is 459 g/mol. The molecule has 2 aliphatic carbocycles.